The largest absolute Gasteiger partial charge is 0.507 e. The van der Waals surface area contributed by atoms with E-state index >= 15 is 0 Å². The lowest BCUT2D eigenvalue weighted by Crippen LogP contribution is -2.05. The molecule has 0 aromatic heterocycles. The van der Waals surface area contributed by atoms with E-state index in [1.165, 1.54) is 12.2 Å². The molecule has 0 aliphatic carbocycles. The van der Waals surface area contributed by atoms with Crippen LogP contribution in [0.25, 0.3) is 6.08 Å². The van der Waals surface area contributed by atoms with Crippen molar-refractivity contribution in [2.75, 3.05) is 0 Å². The minimum atomic E-state index is -0.563. The van der Waals surface area contributed by atoms with Crippen LogP contribution in [0.3, 0.4) is 0 Å². The zero-order valence-corrected chi connectivity index (χ0v) is 9.30. The third-order valence-electron chi connectivity index (χ3n) is 2.15. The number of aryl methyl sites for hydroxylation is 1. The van der Waals surface area contributed by atoms with Gasteiger partial charge in [0, 0.05) is 16.7 Å². The summed E-state index contributed by atoms with van der Waals surface area (Å²) >= 11 is 5.95. The quantitative estimate of drug-likeness (QED) is 0.758. The third-order valence-corrected chi connectivity index (χ3v) is 2.54. The van der Waals surface area contributed by atoms with Crippen molar-refractivity contribution in [2.24, 2.45) is 5.73 Å². The van der Waals surface area contributed by atoms with Crippen LogP contribution >= 0.6 is 11.6 Å². The predicted molar refractivity (Wildman–Crippen MR) is 60.8 cm³/mol. The molecule has 0 atom stereocenters. The maximum Gasteiger partial charge on any atom is 0.241 e. The molecule has 80 valence electrons. The second-order valence-corrected chi connectivity index (χ2v) is 3.71. The molecule has 3 N–H and O–H groups in total. The van der Waals surface area contributed by atoms with Gasteiger partial charge in [-0.3, -0.25) is 4.79 Å². The average Bonchev–Trinajstić information content (AvgIpc) is 2.14. The summed E-state index contributed by atoms with van der Waals surface area (Å²) in [6.07, 6.45) is 2.66. The summed E-state index contributed by atoms with van der Waals surface area (Å²) in [4.78, 5) is 10.6. The number of halogens is 1. The highest BCUT2D eigenvalue weighted by molar-refractivity contribution is 6.31. The molecule has 0 saturated heterocycles. The third kappa shape index (κ3) is 2.50. The number of amides is 1. The predicted octanol–water partition coefficient (Wildman–Crippen LogP) is 2.16. The van der Waals surface area contributed by atoms with Crippen molar-refractivity contribution in [1.29, 1.82) is 0 Å². The Morgan fingerprint density at radius 1 is 1.53 bits per heavy atom. The van der Waals surface area contributed by atoms with Crippen molar-refractivity contribution >= 4 is 23.6 Å². The summed E-state index contributed by atoms with van der Waals surface area (Å²) in [5, 5.41) is 10.3. The van der Waals surface area contributed by atoms with E-state index in [2.05, 4.69) is 0 Å². The second kappa shape index (κ2) is 4.36. The summed E-state index contributed by atoms with van der Waals surface area (Å²) < 4.78 is 0. The molecule has 1 rings (SSSR count). The summed E-state index contributed by atoms with van der Waals surface area (Å²) in [6, 6.07) is 1.67. The SMILES string of the molecule is Cc1cc(Cl)c(C)c(/C=C/C(N)=O)c1O. The van der Waals surface area contributed by atoms with Gasteiger partial charge in [-0.25, -0.2) is 0 Å². The Morgan fingerprint density at radius 2 is 2.13 bits per heavy atom. The topological polar surface area (TPSA) is 63.3 Å². The van der Waals surface area contributed by atoms with Gasteiger partial charge in [-0.2, -0.15) is 0 Å². The normalized spacial score (nSPS) is 10.9. The van der Waals surface area contributed by atoms with Crippen LogP contribution in [0.4, 0.5) is 0 Å². The van der Waals surface area contributed by atoms with Crippen LogP contribution in [0.2, 0.25) is 5.02 Å². The van der Waals surface area contributed by atoms with Gasteiger partial charge in [0.05, 0.1) is 0 Å². The monoisotopic (exact) mass is 225 g/mol. The van der Waals surface area contributed by atoms with E-state index in [1.807, 2.05) is 0 Å². The van der Waals surface area contributed by atoms with Gasteiger partial charge in [0.25, 0.3) is 0 Å². The van der Waals surface area contributed by atoms with Crippen molar-refractivity contribution < 1.29 is 9.90 Å². The van der Waals surface area contributed by atoms with E-state index in [4.69, 9.17) is 17.3 Å². The fourth-order valence-corrected chi connectivity index (χ4v) is 1.52. The van der Waals surface area contributed by atoms with Crippen LogP contribution in [0.15, 0.2) is 12.1 Å². The fourth-order valence-electron chi connectivity index (χ4n) is 1.25. The van der Waals surface area contributed by atoms with Crippen LogP contribution in [0.1, 0.15) is 16.7 Å². The van der Waals surface area contributed by atoms with Gasteiger partial charge in [-0.15, -0.1) is 0 Å². The minimum absolute atomic E-state index is 0.120. The average molecular weight is 226 g/mol. The molecule has 0 unspecified atom stereocenters. The van der Waals surface area contributed by atoms with Crippen molar-refractivity contribution in [1.82, 2.24) is 0 Å². The number of primary amides is 1. The Morgan fingerprint density at radius 3 is 2.67 bits per heavy atom. The number of rotatable bonds is 2. The van der Waals surface area contributed by atoms with Crippen LogP contribution in [0.5, 0.6) is 5.75 Å². The summed E-state index contributed by atoms with van der Waals surface area (Å²) in [5.41, 5.74) is 6.88. The summed E-state index contributed by atoms with van der Waals surface area (Å²) in [5.74, 6) is -0.444. The van der Waals surface area contributed by atoms with E-state index in [9.17, 15) is 9.90 Å². The maximum absolute atomic E-state index is 10.6. The molecule has 0 bridgehead atoms. The number of nitrogens with two attached hydrogens (primary N) is 1. The minimum Gasteiger partial charge on any atom is -0.507 e. The van der Waals surface area contributed by atoms with Gasteiger partial charge in [-0.05, 0) is 37.1 Å². The van der Waals surface area contributed by atoms with Crippen LogP contribution in [-0.2, 0) is 4.79 Å². The Balaban J connectivity index is 3.33. The molecule has 0 saturated carbocycles. The van der Waals surface area contributed by atoms with E-state index in [0.717, 1.165) is 5.56 Å². The van der Waals surface area contributed by atoms with Crippen molar-refractivity contribution in [3.05, 3.63) is 33.9 Å². The van der Waals surface area contributed by atoms with Crippen molar-refractivity contribution in [3.63, 3.8) is 0 Å². The first-order valence-corrected chi connectivity index (χ1v) is 4.77. The lowest BCUT2D eigenvalue weighted by atomic mass is 10.0. The number of hydrogen-bond acceptors (Lipinski definition) is 2. The Labute approximate surface area is 93.2 Å². The summed E-state index contributed by atoms with van der Waals surface area (Å²) in [6.45, 7) is 3.50. The number of carbonyl (C=O) groups excluding carboxylic acids is 1. The van der Waals surface area contributed by atoms with E-state index in [-0.39, 0.29) is 5.75 Å². The maximum atomic E-state index is 10.6. The summed E-state index contributed by atoms with van der Waals surface area (Å²) in [7, 11) is 0. The van der Waals surface area contributed by atoms with E-state index < -0.39 is 5.91 Å². The van der Waals surface area contributed by atoms with Gasteiger partial charge >= 0.3 is 0 Å². The molecule has 4 heteroatoms. The highest BCUT2D eigenvalue weighted by Gasteiger charge is 2.09. The molecular formula is C11H12ClNO2. The standard InChI is InChI=1S/C11H12ClNO2/c1-6-5-9(12)7(2)8(11(6)15)3-4-10(13)14/h3-5,15H,1-2H3,(H2,13,14)/b4-3+. The number of phenolic OH excluding ortho intramolecular Hbond substituents is 1. The van der Waals surface area contributed by atoms with Crippen molar-refractivity contribution in [3.8, 4) is 5.75 Å². The molecule has 0 aliphatic heterocycles. The van der Waals surface area contributed by atoms with E-state index in [0.29, 0.717) is 16.1 Å². The molecule has 3 nitrogen and oxygen atoms in total. The highest BCUT2D eigenvalue weighted by atomic mass is 35.5. The van der Waals surface area contributed by atoms with E-state index in [1.54, 1.807) is 19.9 Å². The molecule has 0 fully saturated rings. The molecule has 1 aromatic rings. The molecule has 0 heterocycles. The van der Waals surface area contributed by atoms with Crippen LogP contribution in [-0.4, -0.2) is 11.0 Å². The van der Waals surface area contributed by atoms with Crippen LogP contribution < -0.4 is 5.73 Å². The Kier molecular flexibility index (Phi) is 3.37. The number of hydrogen-bond donors (Lipinski definition) is 2. The van der Waals surface area contributed by atoms with Gasteiger partial charge in [-0.1, -0.05) is 11.6 Å². The molecule has 15 heavy (non-hydrogen) atoms. The molecule has 0 aliphatic rings. The van der Waals surface area contributed by atoms with Crippen LogP contribution in [0, 0.1) is 13.8 Å². The number of benzene rings is 1. The lowest BCUT2D eigenvalue weighted by molar-refractivity contribution is -0.113. The first-order valence-electron chi connectivity index (χ1n) is 4.39. The molecule has 1 amide bonds. The molecule has 0 radical (unpaired) electrons. The van der Waals surface area contributed by atoms with Gasteiger partial charge in [0.15, 0.2) is 0 Å². The van der Waals surface area contributed by atoms with Crippen molar-refractivity contribution in [2.45, 2.75) is 13.8 Å². The zero-order valence-electron chi connectivity index (χ0n) is 8.54. The van der Waals surface area contributed by atoms with Gasteiger partial charge in [0.1, 0.15) is 5.75 Å². The number of aromatic hydroxyl groups is 1. The Hall–Kier alpha value is -1.48. The number of phenols is 1. The lowest BCUT2D eigenvalue weighted by Gasteiger charge is -2.08. The second-order valence-electron chi connectivity index (χ2n) is 3.30. The smallest absolute Gasteiger partial charge is 0.241 e. The molecule has 1 aromatic carbocycles. The highest BCUT2D eigenvalue weighted by Crippen LogP contribution is 2.31. The zero-order chi connectivity index (χ0) is 11.6. The Bertz CT molecular complexity index is 412. The van der Waals surface area contributed by atoms with Gasteiger partial charge < -0.3 is 10.8 Å². The van der Waals surface area contributed by atoms with Gasteiger partial charge in [0.2, 0.25) is 5.91 Å². The fraction of sp³-hybridized carbons (Fsp3) is 0.182. The number of carbonyl (C=O) groups is 1. The molecule has 0 spiro atoms. The molecular weight excluding hydrogens is 214 g/mol. The first-order chi connectivity index (χ1) is 6.93. The first kappa shape index (κ1) is 11.6.